The molecule has 0 aliphatic carbocycles. The number of aliphatic hydroxyl groups is 1. The number of nitrogens with zero attached hydrogens (tertiary/aromatic N) is 2. The van der Waals surface area contributed by atoms with E-state index in [0.29, 0.717) is 37.3 Å². The molecule has 0 aromatic carbocycles. The Kier molecular flexibility index (Phi) is 13.1. The fourth-order valence-electron chi connectivity index (χ4n) is 3.16. The number of methoxy groups -OCH3 is 4. The molecule has 4 N–H and O–H groups in total. The molecule has 2 aromatic heterocycles. The topological polar surface area (TPSA) is 143 Å². The average Bonchev–Trinajstić information content (AvgIpc) is 3.33. The van der Waals surface area contributed by atoms with Crippen LogP contribution in [0, 0.1) is 0 Å². The van der Waals surface area contributed by atoms with Gasteiger partial charge in [-0.25, -0.2) is 0 Å². The monoisotopic (exact) mass is 458 g/mol. The number of hydrogen-bond acceptors (Lipinski definition) is 9. The average molecular weight is 459 g/mol. The summed E-state index contributed by atoms with van der Waals surface area (Å²) in [6, 6.07) is 1.70. The van der Waals surface area contributed by atoms with E-state index in [4.69, 9.17) is 25.1 Å². The molecule has 0 spiro atoms. The van der Waals surface area contributed by atoms with E-state index < -0.39 is 6.10 Å². The van der Waals surface area contributed by atoms with E-state index in [2.05, 4.69) is 33.3 Å². The van der Waals surface area contributed by atoms with Crippen molar-refractivity contribution in [3.63, 3.8) is 0 Å². The first-order valence-electron chi connectivity index (χ1n) is 10.6. The first kappa shape index (κ1) is 28.0. The molecule has 32 heavy (non-hydrogen) atoms. The number of ether oxygens (including phenoxy) is 5. The normalized spacial score (nSPS) is 20.1. The molecule has 1 saturated heterocycles. The maximum atomic E-state index is 11.8. The number of rotatable bonds is 8. The van der Waals surface area contributed by atoms with Crippen molar-refractivity contribution in [1.29, 1.82) is 0 Å². The second-order valence-electron chi connectivity index (χ2n) is 7.28. The predicted octanol–water partition coefficient (Wildman–Crippen LogP) is 1.31. The van der Waals surface area contributed by atoms with Crippen molar-refractivity contribution >= 4 is 17.0 Å². The SMILES string of the molecule is CCC.COCC(O)COC.COCC1OC(n2ccc3c(=O)[nH]c(N)nc32)CC1OC. The zero-order valence-corrected chi connectivity index (χ0v) is 19.9. The first-order chi connectivity index (χ1) is 15.4. The Bertz CT molecular complexity index is 820. The molecule has 3 unspecified atom stereocenters. The third kappa shape index (κ3) is 8.15. The van der Waals surface area contributed by atoms with Crippen LogP contribution in [0.1, 0.15) is 32.9 Å². The van der Waals surface area contributed by atoms with Crippen LogP contribution >= 0.6 is 0 Å². The van der Waals surface area contributed by atoms with E-state index >= 15 is 0 Å². The van der Waals surface area contributed by atoms with Gasteiger partial charge in [0, 0.05) is 41.1 Å². The van der Waals surface area contributed by atoms with Gasteiger partial charge in [-0.1, -0.05) is 20.3 Å². The minimum Gasteiger partial charge on any atom is -0.388 e. The van der Waals surface area contributed by atoms with Gasteiger partial charge in [-0.2, -0.15) is 4.98 Å². The van der Waals surface area contributed by atoms with Crippen molar-refractivity contribution in [1.82, 2.24) is 14.5 Å². The van der Waals surface area contributed by atoms with Gasteiger partial charge in [0.05, 0.1) is 31.3 Å². The third-order valence-electron chi connectivity index (χ3n) is 4.44. The molecule has 0 saturated carbocycles. The molecular weight excluding hydrogens is 420 g/mol. The number of aromatic nitrogens is 3. The maximum Gasteiger partial charge on any atom is 0.261 e. The van der Waals surface area contributed by atoms with Crippen LogP contribution in [0.15, 0.2) is 17.1 Å². The molecule has 1 aliphatic rings. The van der Waals surface area contributed by atoms with Crippen LogP contribution in [-0.2, 0) is 23.7 Å². The zero-order valence-electron chi connectivity index (χ0n) is 19.9. The van der Waals surface area contributed by atoms with E-state index in [-0.39, 0.29) is 29.9 Å². The number of H-pyrrole nitrogens is 1. The summed E-state index contributed by atoms with van der Waals surface area (Å²) >= 11 is 0. The Morgan fingerprint density at radius 2 is 1.88 bits per heavy atom. The number of fused-ring (bicyclic) bond motifs is 1. The first-order valence-corrected chi connectivity index (χ1v) is 10.6. The van der Waals surface area contributed by atoms with Gasteiger partial charge in [0.15, 0.2) is 5.65 Å². The molecule has 0 radical (unpaired) electrons. The second kappa shape index (κ2) is 14.9. The van der Waals surface area contributed by atoms with Crippen LogP contribution in [0.3, 0.4) is 0 Å². The minimum absolute atomic E-state index is 0.0632. The van der Waals surface area contributed by atoms with Crippen LogP contribution in [0.2, 0.25) is 0 Å². The fourth-order valence-corrected chi connectivity index (χ4v) is 3.16. The molecule has 11 heteroatoms. The molecule has 2 aromatic rings. The van der Waals surface area contributed by atoms with E-state index in [9.17, 15) is 4.79 Å². The highest BCUT2D eigenvalue weighted by Gasteiger charge is 2.36. The largest absolute Gasteiger partial charge is 0.388 e. The van der Waals surface area contributed by atoms with E-state index in [0.717, 1.165) is 0 Å². The molecule has 11 nitrogen and oxygen atoms in total. The molecule has 184 valence electrons. The number of anilines is 1. The minimum atomic E-state index is -0.481. The lowest BCUT2D eigenvalue weighted by Crippen LogP contribution is -2.27. The van der Waals surface area contributed by atoms with Gasteiger partial charge in [0.25, 0.3) is 5.56 Å². The van der Waals surface area contributed by atoms with Crippen molar-refractivity contribution in [2.24, 2.45) is 0 Å². The molecular formula is C21H38N4O7. The Labute approximate surface area is 188 Å². The van der Waals surface area contributed by atoms with Crippen molar-refractivity contribution in [2.45, 2.75) is 51.2 Å². The van der Waals surface area contributed by atoms with Gasteiger partial charge in [0.1, 0.15) is 18.4 Å². The smallest absolute Gasteiger partial charge is 0.261 e. The standard InChI is InChI=1S/C13H18N4O4.C5H12O3.C3H8/c1-19-6-9-8(20-2)5-10(21-9)17-4-3-7-11(17)15-13(14)16-12(7)18;1-7-3-5(6)4-8-2;1-3-2/h3-4,8-10H,5-6H2,1-2H3,(H3,14,15,16,18);5-6H,3-4H2,1-2H3;3H2,1-2H3. The number of hydrogen-bond donors (Lipinski definition) is 3. The molecule has 0 bridgehead atoms. The Balaban J connectivity index is 0.000000392. The number of aromatic amines is 1. The number of nitrogen functional groups attached to an aromatic ring is 1. The highest BCUT2D eigenvalue weighted by molar-refractivity contribution is 5.76. The zero-order chi connectivity index (χ0) is 24.1. The molecule has 3 heterocycles. The summed E-state index contributed by atoms with van der Waals surface area (Å²) in [5.74, 6) is 0.0854. The van der Waals surface area contributed by atoms with Gasteiger partial charge in [0.2, 0.25) is 5.95 Å². The van der Waals surface area contributed by atoms with Gasteiger partial charge in [-0.3, -0.25) is 9.78 Å². The summed E-state index contributed by atoms with van der Waals surface area (Å²) in [5.41, 5.74) is 5.86. The molecule has 3 rings (SSSR count). The molecule has 1 fully saturated rings. The number of nitrogens with one attached hydrogen (secondary N) is 1. The van der Waals surface area contributed by atoms with Gasteiger partial charge < -0.3 is 39.1 Å². The Morgan fingerprint density at radius 3 is 2.41 bits per heavy atom. The van der Waals surface area contributed by atoms with Crippen molar-refractivity contribution in [3.8, 4) is 0 Å². The van der Waals surface area contributed by atoms with Crippen LogP contribution in [0.5, 0.6) is 0 Å². The van der Waals surface area contributed by atoms with Crippen molar-refractivity contribution in [2.75, 3.05) is 54.0 Å². The van der Waals surface area contributed by atoms with Gasteiger partial charge >= 0.3 is 0 Å². The van der Waals surface area contributed by atoms with Gasteiger partial charge in [-0.05, 0) is 6.07 Å². The quantitative estimate of drug-likeness (QED) is 0.533. The van der Waals surface area contributed by atoms with Crippen LogP contribution in [0.4, 0.5) is 5.95 Å². The van der Waals surface area contributed by atoms with Crippen LogP contribution in [-0.4, -0.2) is 86.2 Å². The third-order valence-corrected chi connectivity index (χ3v) is 4.44. The lowest BCUT2D eigenvalue weighted by atomic mass is 10.2. The Hall–Kier alpha value is -2.02. The maximum absolute atomic E-state index is 11.8. The predicted molar refractivity (Wildman–Crippen MR) is 122 cm³/mol. The highest BCUT2D eigenvalue weighted by Crippen LogP contribution is 2.32. The lowest BCUT2D eigenvalue weighted by Gasteiger charge is -2.16. The number of nitrogens with two attached hydrogens (primary N) is 1. The molecule has 1 aliphatic heterocycles. The van der Waals surface area contributed by atoms with E-state index in [1.807, 2.05) is 4.57 Å². The van der Waals surface area contributed by atoms with Crippen LogP contribution in [0.25, 0.3) is 11.0 Å². The Morgan fingerprint density at radius 1 is 1.25 bits per heavy atom. The van der Waals surface area contributed by atoms with Crippen molar-refractivity contribution in [3.05, 3.63) is 22.6 Å². The van der Waals surface area contributed by atoms with Crippen molar-refractivity contribution < 1.29 is 28.8 Å². The summed E-state index contributed by atoms with van der Waals surface area (Å²) in [6.07, 6.45) is 2.72. The summed E-state index contributed by atoms with van der Waals surface area (Å²) < 4.78 is 27.6. The number of aliphatic hydroxyl groups excluding tert-OH is 1. The summed E-state index contributed by atoms with van der Waals surface area (Å²) in [6.45, 7) is 5.38. The molecule has 3 atom stereocenters. The van der Waals surface area contributed by atoms with E-state index in [1.165, 1.54) is 6.42 Å². The summed E-state index contributed by atoms with van der Waals surface area (Å²) in [5, 5.41) is 9.28. The lowest BCUT2D eigenvalue weighted by molar-refractivity contribution is -0.0596. The van der Waals surface area contributed by atoms with E-state index in [1.54, 1.807) is 40.7 Å². The highest BCUT2D eigenvalue weighted by atomic mass is 16.6. The summed E-state index contributed by atoms with van der Waals surface area (Å²) in [4.78, 5) is 18.5. The van der Waals surface area contributed by atoms with Crippen LogP contribution < -0.4 is 11.3 Å². The fraction of sp³-hybridized carbons (Fsp3) is 0.714. The molecule has 0 amide bonds. The summed E-state index contributed by atoms with van der Waals surface area (Å²) in [7, 11) is 6.35. The second-order valence-corrected chi connectivity index (χ2v) is 7.28. The van der Waals surface area contributed by atoms with Gasteiger partial charge in [-0.15, -0.1) is 0 Å².